The first-order valence-electron chi connectivity index (χ1n) is 8.21. The third-order valence-corrected chi connectivity index (χ3v) is 4.36. The molecule has 25 heavy (non-hydrogen) atoms. The Morgan fingerprint density at radius 1 is 1.08 bits per heavy atom. The van der Waals surface area contributed by atoms with Gasteiger partial charge in [0.05, 0.1) is 11.2 Å². The lowest BCUT2D eigenvalue weighted by Gasteiger charge is -2.13. The Bertz CT molecular complexity index is 928. The molecule has 4 nitrogen and oxygen atoms in total. The number of para-hydroxylation sites is 1. The molecule has 0 saturated carbocycles. The van der Waals surface area contributed by atoms with Gasteiger partial charge >= 0.3 is 0 Å². The fourth-order valence-corrected chi connectivity index (χ4v) is 3.20. The van der Waals surface area contributed by atoms with E-state index in [1.165, 1.54) is 5.56 Å². The highest BCUT2D eigenvalue weighted by Crippen LogP contribution is 2.24. The Balaban J connectivity index is 0.00000225. The molecule has 0 aliphatic rings. The van der Waals surface area contributed by atoms with Gasteiger partial charge in [0.2, 0.25) is 5.91 Å². The van der Waals surface area contributed by atoms with Gasteiger partial charge in [-0.25, -0.2) is 0 Å². The standard InChI is InChI=1S/C20H21N3O.ClH/c1-3-14-13(9-11-16(20(21)24)15(14)4-2)10-12-19-17-7-5-6-8-18(17)22-23-19;/h5-12H,3-4H2,1-2H3,(H2,21,24)(H,22,23);1H. The number of carbonyl (C=O) groups is 1. The molecule has 1 heterocycles. The first kappa shape index (κ1) is 18.7. The quantitative estimate of drug-likeness (QED) is 0.712. The van der Waals surface area contributed by atoms with Crippen molar-refractivity contribution in [2.24, 2.45) is 5.73 Å². The summed E-state index contributed by atoms with van der Waals surface area (Å²) in [5.41, 5.74) is 11.4. The maximum absolute atomic E-state index is 11.6. The van der Waals surface area contributed by atoms with Crippen LogP contribution in [0.2, 0.25) is 0 Å². The third kappa shape index (κ3) is 3.59. The molecule has 0 unspecified atom stereocenters. The number of nitrogens with zero attached hydrogens (tertiary/aromatic N) is 1. The number of benzene rings is 2. The number of aromatic nitrogens is 2. The molecule has 0 aliphatic heterocycles. The van der Waals surface area contributed by atoms with Crippen LogP contribution in [0, 0.1) is 0 Å². The largest absolute Gasteiger partial charge is 0.366 e. The Hall–Kier alpha value is -2.59. The van der Waals surface area contributed by atoms with E-state index in [4.69, 9.17) is 5.73 Å². The number of nitrogens with one attached hydrogen (secondary N) is 1. The van der Waals surface area contributed by atoms with E-state index in [0.717, 1.165) is 40.6 Å². The fourth-order valence-electron chi connectivity index (χ4n) is 3.20. The number of H-pyrrole nitrogens is 1. The van der Waals surface area contributed by atoms with Gasteiger partial charge in [-0.3, -0.25) is 9.89 Å². The number of hydrogen-bond acceptors (Lipinski definition) is 2. The number of nitrogens with two attached hydrogens (primary N) is 1. The molecule has 1 aromatic heterocycles. The summed E-state index contributed by atoms with van der Waals surface area (Å²) in [6.45, 7) is 4.15. The van der Waals surface area contributed by atoms with Gasteiger partial charge in [0.1, 0.15) is 0 Å². The lowest BCUT2D eigenvalue weighted by molar-refractivity contribution is 0.0999. The number of hydrogen-bond donors (Lipinski definition) is 2. The highest BCUT2D eigenvalue weighted by atomic mass is 35.5. The van der Waals surface area contributed by atoms with Crippen molar-refractivity contribution in [3.8, 4) is 0 Å². The van der Waals surface area contributed by atoms with Crippen LogP contribution in [0.25, 0.3) is 23.1 Å². The smallest absolute Gasteiger partial charge is 0.248 e. The fraction of sp³-hybridized carbons (Fsp3) is 0.200. The predicted octanol–water partition coefficient (Wildman–Crippen LogP) is 4.38. The molecule has 0 radical (unpaired) electrons. The van der Waals surface area contributed by atoms with Crippen molar-refractivity contribution in [2.45, 2.75) is 26.7 Å². The van der Waals surface area contributed by atoms with Gasteiger partial charge in [-0.2, -0.15) is 5.10 Å². The van der Waals surface area contributed by atoms with E-state index in [2.05, 4.69) is 30.1 Å². The van der Waals surface area contributed by atoms with Crippen LogP contribution in [-0.2, 0) is 12.8 Å². The topological polar surface area (TPSA) is 71.8 Å². The Morgan fingerprint density at radius 2 is 1.80 bits per heavy atom. The van der Waals surface area contributed by atoms with Crippen molar-refractivity contribution >= 4 is 41.4 Å². The summed E-state index contributed by atoms with van der Waals surface area (Å²) >= 11 is 0. The molecule has 0 atom stereocenters. The summed E-state index contributed by atoms with van der Waals surface area (Å²) < 4.78 is 0. The van der Waals surface area contributed by atoms with Crippen molar-refractivity contribution < 1.29 is 4.79 Å². The highest BCUT2D eigenvalue weighted by molar-refractivity contribution is 5.95. The van der Waals surface area contributed by atoms with Crippen LogP contribution in [-0.4, -0.2) is 16.1 Å². The second kappa shape index (κ2) is 7.99. The second-order valence-electron chi connectivity index (χ2n) is 5.72. The Morgan fingerprint density at radius 3 is 2.48 bits per heavy atom. The Labute approximate surface area is 153 Å². The van der Waals surface area contributed by atoms with Crippen LogP contribution < -0.4 is 5.73 Å². The van der Waals surface area contributed by atoms with Crippen LogP contribution in [0.4, 0.5) is 0 Å². The minimum atomic E-state index is -0.365. The molecule has 3 N–H and O–H groups in total. The molecule has 0 saturated heterocycles. The molecule has 3 rings (SSSR count). The molecule has 2 aromatic carbocycles. The number of carbonyl (C=O) groups excluding carboxylic acids is 1. The van der Waals surface area contributed by atoms with Gasteiger partial charge in [-0.1, -0.05) is 44.2 Å². The zero-order valence-corrected chi connectivity index (χ0v) is 15.2. The first-order valence-corrected chi connectivity index (χ1v) is 8.21. The van der Waals surface area contributed by atoms with Crippen molar-refractivity contribution in [2.75, 3.05) is 0 Å². The Kier molecular flexibility index (Phi) is 5.99. The van der Waals surface area contributed by atoms with Gasteiger partial charge in [0.25, 0.3) is 0 Å². The van der Waals surface area contributed by atoms with Gasteiger partial charge in [-0.05, 0) is 47.7 Å². The van der Waals surface area contributed by atoms with Crippen LogP contribution >= 0.6 is 12.4 Å². The number of fused-ring (bicyclic) bond motifs is 1. The van der Waals surface area contributed by atoms with Crippen molar-refractivity contribution in [3.05, 3.63) is 64.3 Å². The van der Waals surface area contributed by atoms with E-state index in [1.807, 2.05) is 42.5 Å². The lowest BCUT2D eigenvalue weighted by atomic mass is 9.92. The molecule has 1 amide bonds. The van der Waals surface area contributed by atoms with Crippen molar-refractivity contribution in [1.82, 2.24) is 10.2 Å². The van der Waals surface area contributed by atoms with Gasteiger partial charge in [0, 0.05) is 10.9 Å². The minimum Gasteiger partial charge on any atom is -0.366 e. The zero-order valence-electron chi connectivity index (χ0n) is 14.4. The molecule has 0 spiro atoms. The molecule has 0 fully saturated rings. The maximum atomic E-state index is 11.6. The lowest BCUT2D eigenvalue weighted by Crippen LogP contribution is -2.15. The predicted molar refractivity (Wildman–Crippen MR) is 106 cm³/mol. The molecule has 0 bridgehead atoms. The number of primary amides is 1. The van der Waals surface area contributed by atoms with E-state index in [9.17, 15) is 4.79 Å². The summed E-state index contributed by atoms with van der Waals surface area (Å²) in [5, 5.41) is 8.50. The van der Waals surface area contributed by atoms with Crippen molar-refractivity contribution in [3.63, 3.8) is 0 Å². The summed E-state index contributed by atoms with van der Waals surface area (Å²) in [6, 6.07) is 11.8. The zero-order chi connectivity index (χ0) is 17.1. The van der Waals surface area contributed by atoms with Crippen molar-refractivity contribution in [1.29, 1.82) is 0 Å². The number of amides is 1. The molecular formula is C20H22ClN3O. The van der Waals surface area contributed by atoms with Crippen LogP contribution in [0.15, 0.2) is 36.4 Å². The number of rotatable bonds is 5. The highest BCUT2D eigenvalue weighted by Gasteiger charge is 2.13. The van der Waals surface area contributed by atoms with E-state index < -0.39 is 0 Å². The van der Waals surface area contributed by atoms with E-state index in [-0.39, 0.29) is 18.3 Å². The molecule has 3 aromatic rings. The average Bonchev–Trinajstić information content (AvgIpc) is 3.01. The average molecular weight is 356 g/mol. The summed E-state index contributed by atoms with van der Waals surface area (Å²) in [5.74, 6) is -0.365. The van der Waals surface area contributed by atoms with Crippen LogP contribution in [0.5, 0.6) is 0 Å². The molecule has 130 valence electrons. The second-order valence-corrected chi connectivity index (χ2v) is 5.72. The summed E-state index contributed by atoms with van der Waals surface area (Å²) in [6.07, 6.45) is 5.71. The monoisotopic (exact) mass is 355 g/mol. The minimum absolute atomic E-state index is 0. The maximum Gasteiger partial charge on any atom is 0.248 e. The summed E-state index contributed by atoms with van der Waals surface area (Å²) in [7, 11) is 0. The first-order chi connectivity index (χ1) is 11.7. The number of halogens is 1. The van der Waals surface area contributed by atoms with Crippen LogP contribution in [0.1, 0.15) is 46.6 Å². The van der Waals surface area contributed by atoms with E-state index in [0.29, 0.717) is 5.56 Å². The van der Waals surface area contributed by atoms with Gasteiger partial charge in [-0.15, -0.1) is 12.4 Å². The van der Waals surface area contributed by atoms with E-state index >= 15 is 0 Å². The molecule has 0 aliphatic carbocycles. The molecular weight excluding hydrogens is 334 g/mol. The number of aromatic amines is 1. The van der Waals surface area contributed by atoms with Gasteiger partial charge in [0.15, 0.2) is 0 Å². The molecule has 5 heteroatoms. The normalized spacial score (nSPS) is 11.0. The SMILES string of the molecule is CCc1c(C=Cc2n[nH]c3ccccc23)ccc(C(N)=O)c1CC.Cl. The summed E-state index contributed by atoms with van der Waals surface area (Å²) in [4.78, 5) is 11.6. The van der Waals surface area contributed by atoms with Gasteiger partial charge < -0.3 is 5.73 Å². The third-order valence-electron chi connectivity index (χ3n) is 4.36. The van der Waals surface area contributed by atoms with E-state index in [1.54, 1.807) is 0 Å². The van der Waals surface area contributed by atoms with Crippen LogP contribution in [0.3, 0.4) is 0 Å².